The maximum Gasteiger partial charge on any atom is 0.229 e. The number of aromatic nitrogens is 2. The monoisotopic (exact) mass is 353 g/mol. The summed E-state index contributed by atoms with van der Waals surface area (Å²) < 4.78 is 0. The van der Waals surface area contributed by atoms with Crippen molar-refractivity contribution in [1.29, 1.82) is 0 Å². The Kier molecular flexibility index (Phi) is 5.11. The van der Waals surface area contributed by atoms with Crippen molar-refractivity contribution in [3.63, 3.8) is 0 Å². The van der Waals surface area contributed by atoms with Gasteiger partial charge in [0, 0.05) is 43.6 Å². The van der Waals surface area contributed by atoms with E-state index in [1.54, 1.807) is 4.90 Å². The number of benzene rings is 1. The zero-order valence-corrected chi connectivity index (χ0v) is 16.0. The molecule has 1 N–H and O–H groups in total. The van der Waals surface area contributed by atoms with E-state index < -0.39 is 0 Å². The van der Waals surface area contributed by atoms with Crippen molar-refractivity contribution in [3.8, 4) is 0 Å². The lowest BCUT2D eigenvalue weighted by atomic mass is 9.86. The van der Waals surface area contributed by atoms with E-state index in [1.165, 1.54) is 5.56 Å². The third-order valence-corrected chi connectivity index (χ3v) is 4.61. The number of para-hydroxylation sites is 1. The van der Waals surface area contributed by atoms with Crippen molar-refractivity contribution >= 4 is 23.9 Å². The largest absolute Gasteiger partial charge is 0.353 e. The van der Waals surface area contributed by atoms with Gasteiger partial charge < -0.3 is 15.1 Å². The summed E-state index contributed by atoms with van der Waals surface area (Å²) in [4.78, 5) is 24.2. The van der Waals surface area contributed by atoms with Gasteiger partial charge in [-0.05, 0) is 24.0 Å². The molecule has 1 fully saturated rings. The Bertz CT molecular complexity index is 776. The Labute approximate surface area is 155 Å². The van der Waals surface area contributed by atoms with Gasteiger partial charge in [0.25, 0.3) is 0 Å². The highest BCUT2D eigenvalue weighted by atomic mass is 16.1. The summed E-state index contributed by atoms with van der Waals surface area (Å²) in [6, 6.07) is 10.3. The third-order valence-electron chi connectivity index (χ3n) is 4.61. The molecule has 1 aliphatic heterocycles. The highest BCUT2D eigenvalue weighted by Gasteiger charge is 2.20. The molecule has 1 aromatic heterocycles. The van der Waals surface area contributed by atoms with Crippen molar-refractivity contribution in [2.75, 3.05) is 36.4 Å². The Morgan fingerprint density at radius 1 is 1.08 bits per heavy atom. The van der Waals surface area contributed by atoms with E-state index in [0.29, 0.717) is 5.95 Å². The predicted molar refractivity (Wildman–Crippen MR) is 105 cm³/mol. The number of anilines is 3. The number of nitrogens with zero attached hydrogens (tertiary/aromatic N) is 4. The SMILES string of the molecule is Cc1cc(N2CCN(C=O)CC2)nc(Nc2ccccc2C(C)(C)C)n1. The second-order valence-electron chi connectivity index (χ2n) is 7.74. The number of rotatable bonds is 4. The molecule has 2 heterocycles. The first-order valence-corrected chi connectivity index (χ1v) is 9.03. The molecule has 1 aliphatic rings. The molecule has 0 unspecified atom stereocenters. The molecule has 0 bridgehead atoms. The molecule has 6 heteroatoms. The molecule has 0 spiro atoms. The summed E-state index contributed by atoms with van der Waals surface area (Å²) in [6.45, 7) is 11.6. The van der Waals surface area contributed by atoms with E-state index >= 15 is 0 Å². The second kappa shape index (κ2) is 7.32. The number of piperazine rings is 1. The lowest BCUT2D eigenvalue weighted by Crippen LogP contribution is -2.46. The van der Waals surface area contributed by atoms with Gasteiger partial charge in [-0.1, -0.05) is 39.0 Å². The molecule has 2 aromatic rings. The number of nitrogens with one attached hydrogen (secondary N) is 1. The Morgan fingerprint density at radius 3 is 2.42 bits per heavy atom. The number of amides is 1. The van der Waals surface area contributed by atoms with Crippen LogP contribution in [-0.2, 0) is 10.2 Å². The molecule has 6 nitrogen and oxygen atoms in total. The van der Waals surface area contributed by atoms with Gasteiger partial charge in [0.1, 0.15) is 5.82 Å². The van der Waals surface area contributed by atoms with Crippen LogP contribution in [0, 0.1) is 6.92 Å². The van der Waals surface area contributed by atoms with Crippen molar-refractivity contribution < 1.29 is 4.79 Å². The van der Waals surface area contributed by atoms with Crippen LogP contribution in [0.2, 0.25) is 0 Å². The van der Waals surface area contributed by atoms with E-state index in [2.05, 4.69) is 54.2 Å². The first-order chi connectivity index (χ1) is 12.4. The lowest BCUT2D eigenvalue weighted by Gasteiger charge is -2.33. The predicted octanol–water partition coefficient (Wildman–Crippen LogP) is 3.10. The van der Waals surface area contributed by atoms with E-state index in [-0.39, 0.29) is 5.41 Å². The molecular weight excluding hydrogens is 326 g/mol. The summed E-state index contributed by atoms with van der Waals surface area (Å²) in [5.41, 5.74) is 3.21. The van der Waals surface area contributed by atoms with Crippen LogP contribution in [0.5, 0.6) is 0 Å². The van der Waals surface area contributed by atoms with Crippen LogP contribution in [0.25, 0.3) is 0 Å². The van der Waals surface area contributed by atoms with Crippen LogP contribution >= 0.6 is 0 Å². The number of carbonyl (C=O) groups is 1. The Hall–Kier alpha value is -2.63. The van der Waals surface area contributed by atoms with Crippen LogP contribution < -0.4 is 10.2 Å². The minimum Gasteiger partial charge on any atom is -0.353 e. The standard InChI is InChI=1S/C20H27N5O/c1-15-13-18(25-11-9-24(14-26)10-12-25)23-19(21-15)22-17-8-6-5-7-16(17)20(2,3)4/h5-8,13-14H,9-12H2,1-4H3,(H,21,22,23). The molecule has 3 rings (SSSR count). The molecule has 0 atom stereocenters. The van der Waals surface area contributed by atoms with E-state index in [1.807, 2.05) is 19.1 Å². The van der Waals surface area contributed by atoms with Crippen molar-refractivity contribution in [3.05, 3.63) is 41.6 Å². The number of carbonyl (C=O) groups excluding carboxylic acids is 1. The zero-order chi connectivity index (χ0) is 18.7. The van der Waals surface area contributed by atoms with E-state index in [4.69, 9.17) is 4.98 Å². The fourth-order valence-corrected chi connectivity index (χ4v) is 3.19. The maximum atomic E-state index is 10.9. The summed E-state index contributed by atoms with van der Waals surface area (Å²) in [6.07, 6.45) is 0.916. The minimum atomic E-state index is 0.0292. The first-order valence-electron chi connectivity index (χ1n) is 9.03. The zero-order valence-electron chi connectivity index (χ0n) is 16.0. The molecule has 1 saturated heterocycles. The van der Waals surface area contributed by atoms with Crippen LogP contribution in [0.3, 0.4) is 0 Å². The maximum absolute atomic E-state index is 10.9. The van der Waals surface area contributed by atoms with Crippen LogP contribution in [-0.4, -0.2) is 47.5 Å². The van der Waals surface area contributed by atoms with Gasteiger partial charge >= 0.3 is 0 Å². The molecule has 1 aromatic carbocycles. The number of hydrogen-bond donors (Lipinski definition) is 1. The van der Waals surface area contributed by atoms with Crippen molar-refractivity contribution in [2.24, 2.45) is 0 Å². The van der Waals surface area contributed by atoms with Crippen LogP contribution in [0.1, 0.15) is 32.0 Å². The third kappa shape index (κ3) is 4.12. The van der Waals surface area contributed by atoms with E-state index in [0.717, 1.165) is 49.8 Å². The van der Waals surface area contributed by atoms with Gasteiger partial charge in [0.15, 0.2) is 0 Å². The molecule has 0 radical (unpaired) electrons. The lowest BCUT2D eigenvalue weighted by molar-refractivity contribution is -0.118. The molecule has 0 aliphatic carbocycles. The Morgan fingerprint density at radius 2 is 1.77 bits per heavy atom. The van der Waals surface area contributed by atoms with Gasteiger partial charge in [0.2, 0.25) is 12.4 Å². The highest BCUT2D eigenvalue weighted by Crippen LogP contribution is 2.31. The average molecular weight is 353 g/mol. The number of aryl methyl sites for hydroxylation is 1. The van der Waals surface area contributed by atoms with Gasteiger partial charge in [-0.2, -0.15) is 4.98 Å². The number of hydrogen-bond acceptors (Lipinski definition) is 5. The van der Waals surface area contributed by atoms with Crippen LogP contribution in [0.15, 0.2) is 30.3 Å². The fraction of sp³-hybridized carbons (Fsp3) is 0.450. The first kappa shape index (κ1) is 18.2. The van der Waals surface area contributed by atoms with Gasteiger partial charge in [-0.15, -0.1) is 0 Å². The van der Waals surface area contributed by atoms with E-state index in [9.17, 15) is 4.79 Å². The van der Waals surface area contributed by atoms with Crippen molar-refractivity contribution in [1.82, 2.24) is 14.9 Å². The quantitative estimate of drug-likeness (QED) is 0.856. The van der Waals surface area contributed by atoms with Gasteiger partial charge in [-0.3, -0.25) is 4.79 Å². The average Bonchev–Trinajstić information content (AvgIpc) is 2.61. The van der Waals surface area contributed by atoms with Crippen LogP contribution in [0.4, 0.5) is 17.5 Å². The second-order valence-corrected chi connectivity index (χ2v) is 7.74. The van der Waals surface area contributed by atoms with Crippen molar-refractivity contribution in [2.45, 2.75) is 33.1 Å². The van der Waals surface area contributed by atoms with Gasteiger partial charge in [-0.25, -0.2) is 4.98 Å². The minimum absolute atomic E-state index is 0.0292. The fourth-order valence-electron chi connectivity index (χ4n) is 3.19. The molecule has 138 valence electrons. The Balaban J connectivity index is 1.84. The smallest absolute Gasteiger partial charge is 0.229 e. The molecule has 26 heavy (non-hydrogen) atoms. The molecule has 0 saturated carbocycles. The summed E-state index contributed by atoms with van der Waals surface area (Å²) >= 11 is 0. The summed E-state index contributed by atoms with van der Waals surface area (Å²) in [5.74, 6) is 1.51. The molecule has 1 amide bonds. The topological polar surface area (TPSA) is 61.4 Å². The normalized spacial score (nSPS) is 15.1. The summed E-state index contributed by atoms with van der Waals surface area (Å²) in [7, 11) is 0. The highest BCUT2D eigenvalue weighted by molar-refractivity contribution is 5.62. The molecular formula is C20H27N5O. The van der Waals surface area contributed by atoms with Gasteiger partial charge in [0.05, 0.1) is 0 Å². The summed E-state index contributed by atoms with van der Waals surface area (Å²) in [5, 5.41) is 3.40.